The van der Waals surface area contributed by atoms with Crippen LogP contribution in [0.2, 0.25) is 0 Å². The quantitative estimate of drug-likeness (QED) is 0.318. The molecule has 184 valence electrons. The van der Waals surface area contributed by atoms with Gasteiger partial charge in [-0.3, -0.25) is 0 Å². The topological polar surface area (TPSA) is 104 Å². The number of methoxy groups -OCH3 is 1. The Morgan fingerprint density at radius 2 is 1.58 bits per heavy atom. The van der Waals surface area contributed by atoms with Gasteiger partial charge in [0.2, 0.25) is 6.10 Å². The molecule has 3 N–H and O–H groups in total. The largest absolute Gasteiger partial charge is 0.497 e. The standard InChI is InChI=1S/C27H22F2N2O5/c1-34-20-9-4-8-19(13-20)24(27(32)33)36-26-23(29)14-22(28)25(31-26)35-21-10-3-7-18(12-21)17-6-2-5-16(11-17)15-30/h2-14,24H,15,30H2,1H3,(H,32,33). The second-order valence-corrected chi connectivity index (χ2v) is 7.71. The fourth-order valence-electron chi connectivity index (χ4n) is 3.49. The Kier molecular flexibility index (Phi) is 7.41. The highest BCUT2D eigenvalue weighted by Crippen LogP contribution is 2.32. The van der Waals surface area contributed by atoms with Gasteiger partial charge in [-0.25, -0.2) is 13.6 Å². The number of carbonyl (C=O) groups is 1. The van der Waals surface area contributed by atoms with E-state index in [4.69, 9.17) is 19.9 Å². The summed E-state index contributed by atoms with van der Waals surface area (Å²) in [7, 11) is 1.42. The molecule has 1 unspecified atom stereocenters. The van der Waals surface area contributed by atoms with Crippen molar-refractivity contribution < 1.29 is 32.9 Å². The Balaban J connectivity index is 1.62. The van der Waals surface area contributed by atoms with Crippen molar-refractivity contribution >= 4 is 5.97 Å². The average Bonchev–Trinajstić information content (AvgIpc) is 2.89. The minimum atomic E-state index is -1.63. The summed E-state index contributed by atoms with van der Waals surface area (Å²) >= 11 is 0. The van der Waals surface area contributed by atoms with Gasteiger partial charge in [-0.2, -0.15) is 4.98 Å². The van der Waals surface area contributed by atoms with Gasteiger partial charge in [0, 0.05) is 18.2 Å². The van der Waals surface area contributed by atoms with Crippen molar-refractivity contribution in [3.8, 4) is 34.4 Å². The zero-order valence-corrected chi connectivity index (χ0v) is 19.2. The monoisotopic (exact) mass is 492 g/mol. The summed E-state index contributed by atoms with van der Waals surface area (Å²) in [6, 6.07) is 21.0. The lowest BCUT2D eigenvalue weighted by atomic mass is 10.0. The number of nitrogens with zero attached hydrogens (tertiary/aromatic N) is 1. The van der Waals surface area contributed by atoms with Crippen molar-refractivity contribution in [2.75, 3.05) is 7.11 Å². The van der Waals surface area contributed by atoms with Crippen LogP contribution in [0.15, 0.2) is 78.9 Å². The molecule has 0 amide bonds. The van der Waals surface area contributed by atoms with Crippen molar-refractivity contribution in [2.45, 2.75) is 12.6 Å². The first-order valence-electron chi connectivity index (χ1n) is 10.8. The first-order chi connectivity index (χ1) is 17.4. The molecule has 0 saturated carbocycles. The van der Waals surface area contributed by atoms with E-state index in [-0.39, 0.29) is 11.3 Å². The number of carboxylic acid groups (broad SMARTS) is 1. The van der Waals surface area contributed by atoms with Crippen LogP contribution in [0.3, 0.4) is 0 Å². The number of halogens is 2. The van der Waals surface area contributed by atoms with Gasteiger partial charge >= 0.3 is 5.97 Å². The molecule has 0 fully saturated rings. The Hall–Kier alpha value is -4.50. The van der Waals surface area contributed by atoms with Gasteiger partial charge in [0.25, 0.3) is 11.8 Å². The number of ether oxygens (including phenoxy) is 3. The van der Waals surface area contributed by atoms with E-state index in [1.54, 1.807) is 30.3 Å². The van der Waals surface area contributed by atoms with Crippen molar-refractivity contribution in [1.29, 1.82) is 0 Å². The predicted molar refractivity (Wildman–Crippen MR) is 128 cm³/mol. The molecule has 0 aliphatic carbocycles. The van der Waals surface area contributed by atoms with Crippen LogP contribution in [-0.2, 0) is 11.3 Å². The highest BCUT2D eigenvalue weighted by molar-refractivity contribution is 5.75. The van der Waals surface area contributed by atoms with Crippen molar-refractivity contribution in [3.05, 3.63) is 102 Å². The number of benzene rings is 3. The van der Waals surface area contributed by atoms with Gasteiger partial charge < -0.3 is 25.1 Å². The highest BCUT2D eigenvalue weighted by atomic mass is 19.1. The third-order valence-corrected chi connectivity index (χ3v) is 5.26. The van der Waals surface area contributed by atoms with Crippen LogP contribution in [0.5, 0.6) is 23.3 Å². The van der Waals surface area contributed by atoms with E-state index in [0.717, 1.165) is 16.7 Å². The fraction of sp³-hybridized carbons (Fsp3) is 0.111. The Morgan fingerprint density at radius 1 is 0.917 bits per heavy atom. The van der Waals surface area contributed by atoms with E-state index in [1.165, 1.54) is 19.2 Å². The van der Waals surface area contributed by atoms with Crippen LogP contribution >= 0.6 is 0 Å². The third-order valence-electron chi connectivity index (χ3n) is 5.26. The maximum atomic E-state index is 14.5. The Labute approximate surface area is 205 Å². The van der Waals surface area contributed by atoms with Crippen LogP contribution < -0.4 is 19.9 Å². The summed E-state index contributed by atoms with van der Waals surface area (Å²) in [4.78, 5) is 15.6. The second-order valence-electron chi connectivity index (χ2n) is 7.71. The lowest BCUT2D eigenvalue weighted by Crippen LogP contribution is -2.19. The van der Waals surface area contributed by atoms with Crippen LogP contribution in [0.1, 0.15) is 17.2 Å². The van der Waals surface area contributed by atoms with Gasteiger partial charge in [0.05, 0.1) is 7.11 Å². The molecule has 4 aromatic rings. The smallest absolute Gasteiger partial charge is 0.349 e. The first-order valence-corrected chi connectivity index (χ1v) is 10.8. The number of aromatic nitrogens is 1. The van der Waals surface area contributed by atoms with E-state index >= 15 is 0 Å². The number of hydrogen-bond donors (Lipinski definition) is 2. The normalized spacial score (nSPS) is 11.6. The van der Waals surface area contributed by atoms with E-state index < -0.39 is 35.5 Å². The second kappa shape index (κ2) is 10.8. The zero-order valence-electron chi connectivity index (χ0n) is 19.2. The molecule has 1 heterocycles. The lowest BCUT2D eigenvalue weighted by Gasteiger charge is -2.17. The molecular weight excluding hydrogens is 470 g/mol. The molecule has 9 heteroatoms. The molecule has 1 atom stereocenters. The number of rotatable bonds is 9. The molecule has 36 heavy (non-hydrogen) atoms. The van der Waals surface area contributed by atoms with E-state index in [2.05, 4.69) is 4.98 Å². The molecule has 3 aromatic carbocycles. The summed E-state index contributed by atoms with van der Waals surface area (Å²) in [5, 5.41) is 9.65. The summed E-state index contributed by atoms with van der Waals surface area (Å²) in [5.41, 5.74) is 8.50. The molecule has 0 saturated heterocycles. The van der Waals surface area contributed by atoms with Crippen molar-refractivity contribution in [3.63, 3.8) is 0 Å². The van der Waals surface area contributed by atoms with Gasteiger partial charge in [-0.05, 0) is 47.0 Å². The number of carboxylic acids is 1. The Morgan fingerprint density at radius 3 is 2.31 bits per heavy atom. The summed E-state index contributed by atoms with van der Waals surface area (Å²) < 4.78 is 45.1. The maximum absolute atomic E-state index is 14.5. The van der Waals surface area contributed by atoms with Crippen molar-refractivity contribution in [1.82, 2.24) is 4.98 Å². The van der Waals surface area contributed by atoms with Gasteiger partial charge in [-0.1, -0.05) is 42.5 Å². The summed E-state index contributed by atoms with van der Waals surface area (Å²) in [5.74, 6) is -4.34. The molecule has 1 aromatic heterocycles. The predicted octanol–water partition coefficient (Wildman–Crippen LogP) is 5.49. The zero-order chi connectivity index (χ0) is 25.7. The average molecular weight is 492 g/mol. The van der Waals surface area contributed by atoms with Gasteiger partial charge in [0.1, 0.15) is 11.5 Å². The number of hydrogen-bond acceptors (Lipinski definition) is 6. The fourth-order valence-corrected chi connectivity index (χ4v) is 3.49. The molecule has 0 bridgehead atoms. The number of aliphatic carboxylic acids is 1. The maximum Gasteiger partial charge on any atom is 0.349 e. The molecule has 0 spiro atoms. The van der Waals surface area contributed by atoms with Crippen LogP contribution in [0.25, 0.3) is 11.1 Å². The number of nitrogens with two attached hydrogens (primary N) is 1. The van der Waals surface area contributed by atoms with E-state index in [0.29, 0.717) is 18.4 Å². The van der Waals surface area contributed by atoms with Crippen LogP contribution in [-0.4, -0.2) is 23.2 Å². The minimum Gasteiger partial charge on any atom is -0.497 e. The molecule has 0 aliphatic rings. The third kappa shape index (κ3) is 5.59. The highest BCUT2D eigenvalue weighted by Gasteiger charge is 2.26. The molecule has 7 nitrogen and oxygen atoms in total. The number of pyridine rings is 1. The van der Waals surface area contributed by atoms with E-state index in [1.807, 2.05) is 30.3 Å². The molecule has 4 rings (SSSR count). The van der Waals surface area contributed by atoms with Crippen LogP contribution in [0, 0.1) is 11.6 Å². The van der Waals surface area contributed by atoms with Gasteiger partial charge in [-0.15, -0.1) is 0 Å². The first kappa shape index (κ1) is 24.6. The minimum absolute atomic E-state index is 0.183. The van der Waals surface area contributed by atoms with Crippen LogP contribution in [0.4, 0.5) is 8.78 Å². The lowest BCUT2D eigenvalue weighted by molar-refractivity contribution is -0.145. The van der Waals surface area contributed by atoms with Gasteiger partial charge in [0.15, 0.2) is 11.6 Å². The summed E-state index contributed by atoms with van der Waals surface area (Å²) in [6.45, 7) is 0.380. The summed E-state index contributed by atoms with van der Waals surface area (Å²) in [6.07, 6.45) is -1.63. The SMILES string of the molecule is COc1cccc(C(Oc2nc(Oc3cccc(-c4cccc(CN)c4)c3)c(F)cc2F)C(=O)O)c1. The van der Waals surface area contributed by atoms with Crippen molar-refractivity contribution in [2.24, 2.45) is 5.73 Å². The van der Waals surface area contributed by atoms with E-state index in [9.17, 15) is 18.7 Å². The Bertz CT molecular complexity index is 1400. The molecular formula is C27H22F2N2O5. The molecule has 0 aliphatic heterocycles. The molecule has 0 radical (unpaired) electrons.